The fourth-order valence-electron chi connectivity index (χ4n) is 3.71. The number of hydrogen-bond acceptors (Lipinski definition) is 6. The van der Waals surface area contributed by atoms with E-state index in [4.69, 9.17) is 9.15 Å². The Bertz CT molecular complexity index is 1160. The first kappa shape index (κ1) is 18.2. The van der Waals surface area contributed by atoms with E-state index in [2.05, 4.69) is 15.1 Å². The molecule has 1 aliphatic heterocycles. The molecule has 4 aromatic rings. The number of methoxy groups -OCH3 is 1. The monoisotopic (exact) mass is 403 g/mol. The molecule has 4 heterocycles. The highest BCUT2D eigenvalue weighted by Crippen LogP contribution is 2.29. The highest BCUT2D eigenvalue weighted by Gasteiger charge is 2.25. The van der Waals surface area contributed by atoms with Crippen molar-refractivity contribution in [2.24, 2.45) is 0 Å². The highest BCUT2D eigenvalue weighted by atomic mass is 16.5. The molecule has 8 nitrogen and oxygen atoms in total. The molecule has 0 radical (unpaired) electrons. The number of para-hydroxylation sites is 1. The van der Waals surface area contributed by atoms with Gasteiger partial charge >= 0.3 is 0 Å². The maximum atomic E-state index is 12.9. The fourth-order valence-corrected chi connectivity index (χ4v) is 3.71. The fraction of sp³-hybridized carbons (Fsp3) is 0.227. The predicted octanol–water partition coefficient (Wildman–Crippen LogP) is 2.98. The van der Waals surface area contributed by atoms with E-state index in [0.29, 0.717) is 43.3 Å². The predicted molar refractivity (Wildman–Crippen MR) is 112 cm³/mol. The summed E-state index contributed by atoms with van der Waals surface area (Å²) in [5.74, 6) is 2.43. The van der Waals surface area contributed by atoms with Crippen molar-refractivity contribution < 1.29 is 13.9 Å². The third-order valence-electron chi connectivity index (χ3n) is 5.33. The number of ether oxygens (including phenoxy) is 1. The Balaban J connectivity index is 1.26. The Morgan fingerprint density at radius 3 is 2.40 bits per heavy atom. The number of nitrogens with zero attached hydrogens (tertiary/aromatic N) is 5. The second-order valence-corrected chi connectivity index (χ2v) is 7.11. The molecule has 0 saturated carbocycles. The molecular formula is C22H21N5O3. The van der Waals surface area contributed by atoms with Gasteiger partial charge in [0.1, 0.15) is 0 Å². The summed E-state index contributed by atoms with van der Waals surface area (Å²) in [6.45, 7) is 2.56. The number of aromatic nitrogens is 3. The van der Waals surface area contributed by atoms with Gasteiger partial charge in [-0.25, -0.2) is 0 Å². The summed E-state index contributed by atoms with van der Waals surface area (Å²) in [4.78, 5) is 16.9. The van der Waals surface area contributed by atoms with Crippen LogP contribution in [0.3, 0.4) is 0 Å². The third-order valence-corrected chi connectivity index (χ3v) is 5.33. The van der Waals surface area contributed by atoms with E-state index >= 15 is 0 Å². The average Bonchev–Trinajstić information content (AvgIpc) is 3.49. The van der Waals surface area contributed by atoms with Gasteiger partial charge in [-0.3, -0.25) is 4.79 Å². The van der Waals surface area contributed by atoms with Gasteiger partial charge in [-0.05, 0) is 36.4 Å². The van der Waals surface area contributed by atoms with E-state index in [1.165, 1.54) is 0 Å². The molecule has 0 atom stereocenters. The smallest absolute Gasteiger partial charge is 0.289 e. The minimum absolute atomic E-state index is 0.109. The number of fused-ring (bicyclic) bond motifs is 1. The molecule has 8 heteroatoms. The van der Waals surface area contributed by atoms with Gasteiger partial charge < -0.3 is 23.5 Å². The van der Waals surface area contributed by atoms with Gasteiger partial charge in [0.2, 0.25) is 0 Å². The van der Waals surface area contributed by atoms with Crippen molar-refractivity contribution >= 4 is 22.7 Å². The first-order valence-electron chi connectivity index (χ1n) is 9.81. The van der Waals surface area contributed by atoms with Crippen molar-refractivity contribution in [2.45, 2.75) is 0 Å². The average molecular weight is 403 g/mol. The van der Waals surface area contributed by atoms with Gasteiger partial charge in [-0.2, -0.15) is 0 Å². The van der Waals surface area contributed by atoms with Gasteiger partial charge in [0.05, 0.1) is 7.11 Å². The lowest BCUT2D eigenvalue weighted by Crippen LogP contribution is -2.49. The normalized spacial score (nSPS) is 14.3. The quantitative estimate of drug-likeness (QED) is 0.521. The van der Waals surface area contributed by atoms with E-state index in [-0.39, 0.29) is 5.91 Å². The second-order valence-electron chi connectivity index (χ2n) is 7.11. The van der Waals surface area contributed by atoms with Crippen LogP contribution in [0.25, 0.3) is 16.8 Å². The highest BCUT2D eigenvalue weighted by molar-refractivity contribution is 5.97. The van der Waals surface area contributed by atoms with Crippen LogP contribution >= 0.6 is 0 Å². The Morgan fingerprint density at radius 2 is 1.70 bits per heavy atom. The number of anilines is 1. The van der Waals surface area contributed by atoms with E-state index in [0.717, 1.165) is 17.0 Å². The minimum Gasteiger partial charge on any atom is -0.493 e. The molecule has 152 valence electrons. The van der Waals surface area contributed by atoms with Crippen molar-refractivity contribution in [1.29, 1.82) is 0 Å². The van der Waals surface area contributed by atoms with Crippen LogP contribution in [0.2, 0.25) is 0 Å². The number of carbonyl (C=O) groups excluding carboxylic acids is 1. The Morgan fingerprint density at radius 1 is 0.967 bits per heavy atom. The largest absolute Gasteiger partial charge is 0.493 e. The van der Waals surface area contributed by atoms with Gasteiger partial charge in [-0.1, -0.05) is 12.1 Å². The molecule has 1 saturated heterocycles. The summed E-state index contributed by atoms with van der Waals surface area (Å²) in [5.41, 5.74) is 0.597. The zero-order chi connectivity index (χ0) is 20.5. The number of rotatable bonds is 4. The summed E-state index contributed by atoms with van der Waals surface area (Å²) < 4.78 is 13.0. The Hall–Kier alpha value is -3.81. The van der Waals surface area contributed by atoms with Crippen LogP contribution in [0.15, 0.2) is 65.3 Å². The van der Waals surface area contributed by atoms with Crippen LogP contribution in [0, 0.1) is 0 Å². The maximum Gasteiger partial charge on any atom is 0.289 e. The molecular weight excluding hydrogens is 382 g/mol. The standard InChI is InChI=1S/C22H21N5O3/c1-29-17-6-4-5-16-15-18(30-21(16)17)22(28)27-13-11-26(12-14-27)20-8-7-19(23-24-20)25-9-2-3-10-25/h2-10,15H,11-14H2,1H3. The van der Waals surface area contributed by atoms with Gasteiger partial charge in [-0.15, -0.1) is 10.2 Å². The van der Waals surface area contributed by atoms with Crippen LogP contribution < -0.4 is 9.64 Å². The van der Waals surface area contributed by atoms with Crippen molar-refractivity contribution in [3.05, 3.63) is 66.7 Å². The van der Waals surface area contributed by atoms with Crippen molar-refractivity contribution in [2.75, 3.05) is 38.2 Å². The van der Waals surface area contributed by atoms with Crippen LogP contribution in [0.5, 0.6) is 5.75 Å². The number of piperazine rings is 1. The zero-order valence-corrected chi connectivity index (χ0v) is 16.6. The minimum atomic E-state index is -0.109. The number of carbonyl (C=O) groups is 1. The van der Waals surface area contributed by atoms with E-state index in [1.807, 2.05) is 64.3 Å². The van der Waals surface area contributed by atoms with Gasteiger partial charge in [0.25, 0.3) is 5.91 Å². The summed E-state index contributed by atoms with van der Waals surface area (Å²) in [6.07, 6.45) is 3.86. The van der Waals surface area contributed by atoms with Crippen LogP contribution in [0.4, 0.5) is 5.82 Å². The topological polar surface area (TPSA) is 76.6 Å². The molecule has 0 spiro atoms. The first-order valence-corrected chi connectivity index (χ1v) is 9.81. The van der Waals surface area contributed by atoms with Crippen molar-refractivity contribution in [1.82, 2.24) is 19.7 Å². The van der Waals surface area contributed by atoms with Crippen LogP contribution in [-0.4, -0.2) is 58.9 Å². The third kappa shape index (κ3) is 3.26. The van der Waals surface area contributed by atoms with Crippen LogP contribution in [-0.2, 0) is 0 Å². The van der Waals surface area contributed by atoms with E-state index < -0.39 is 0 Å². The molecule has 3 aromatic heterocycles. The van der Waals surface area contributed by atoms with Crippen molar-refractivity contribution in [3.8, 4) is 11.6 Å². The lowest BCUT2D eigenvalue weighted by molar-refractivity contribution is 0.0716. The number of hydrogen-bond donors (Lipinski definition) is 0. The second kappa shape index (κ2) is 7.55. The molecule has 1 aliphatic rings. The SMILES string of the molecule is COc1cccc2cc(C(=O)N3CCN(c4ccc(-n5cccc5)nn4)CC3)oc12. The number of benzene rings is 1. The zero-order valence-electron chi connectivity index (χ0n) is 16.6. The lowest BCUT2D eigenvalue weighted by atomic mass is 10.2. The summed E-state index contributed by atoms with van der Waals surface area (Å²) in [6, 6.07) is 15.2. The molecule has 30 heavy (non-hydrogen) atoms. The Labute approximate surface area is 173 Å². The molecule has 0 unspecified atom stereocenters. The van der Waals surface area contributed by atoms with E-state index in [9.17, 15) is 4.79 Å². The molecule has 0 aliphatic carbocycles. The van der Waals surface area contributed by atoms with Gasteiger partial charge in [0.15, 0.2) is 28.7 Å². The molecule has 5 rings (SSSR count). The summed E-state index contributed by atoms with van der Waals surface area (Å²) in [7, 11) is 1.59. The first-order chi connectivity index (χ1) is 14.7. The summed E-state index contributed by atoms with van der Waals surface area (Å²) >= 11 is 0. The molecule has 1 fully saturated rings. The van der Waals surface area contributed by atoms with Gasteiger partial charge in [0, 0.05) is 44.0 Å². The Kier molecular flexibility index (Phi) is 4.59. The van der Waals surface area contributed by atoms with Crippen molar-refractivity contribution in [3.63, 3.8) is 0 Å². The lowest BCUT2D eigenvalue weighted by Gasteiger charge is -2.34. The molecule has 0 bridgehead atoms. The molecule has 0 N–H and O–H groups in total. The maximum absolute atomic E-state index is 12.9. The van der Waals surface area contributed by atoms with E-state index in [1.54, 1.807) is 13.2 Å². The summed E-state index contributed by atoms with van der Waals surface area (Å²) in [5, 5.41) is 9.51. The number of furan rings is 1. The molecule has 1 aromatic carbocycles. The molecule has 1 amide bonds. The van der Waals surface area contributed by atoms with Crippen LogP contribution in [0.1, 0.15) is 10.6 Å². The number of amides is 1.